The second kappa shape index (κ2) is 7.24. The summed E-state index contributed by atoms with van der Waals surface area (Å²) in [6.45, 7) is 10.8. The summed E-state index contributed by atoms with van der Waals surface area (Å²) in [6, 6.07) is 0. The zero-order valence-electron chi connectivity index (χ0n) is 9.89. The van der Waals surface area contributed by atoms with Crippen molar-refractivity contribution >= 4 is 0 Å². The van der Waals surface area contributed by atoms with Crippen molar-refractivity contribution in [1.29, 1.82) is 0 Å². The largest absolute Gasteiger partial charge is 0.315 e. The van der Waals surface area contributed by atoms with Crippen molar-refractivity contribution in [2.75, 3.05) is 32.7 Å². The Morgan fingerprint density at radius 1 is 1.14 bits per heavy atom. The van der Waals surface area contributed by atoms with Crippen LogP contribution in [-0.4, -0.2) is 37.6 Å². The van der Waals surface area contributed by atoms with Crippen LogP contribution in [-0.2, 0) is 0 Å². The van der Waals surface area contributed by atoms with Gasteiger partial charge in [-0.1, -0.05) is 20.3 Å². The third-order valence-electron chi connectivity index (χ3n) is 3.32. The van der Waals surface area contributed by atoms with Gasteiger partial charge >= 0.3 is 0 Å². The van der Waals surface area contributed by atoms with Crippen molar-refractivity contribution in [2.24, 2.45) is 5.92 Å². The first-order chi connectivity index (χ1) is 6.86. The molecule has 2 nitrogen and oxygen atoms in total. The van der Waals surface area contributed by atoms with E-state index >= 15 is 0 Å². The average Bonchev–Trinajstić information content (AvgIpc) is 2.25. The second-order valence-electron chi connectivity index (χ2n) is 4.44. The molecule has 1 aliphatic rings. The quantitative estimate of drug-likeness (QED) is 0.658. The molecule has 1 fully saturated rings. The van der Waals surface area contributed by atoms with Gasteiger partial charge in [0.2, 0.25) is 0 Å². The zero-order valence-corrected chi connectivity index (χ0v) is 9.89. The highest BCUT2D eigenvalue weighted by molar-refractivity contribution is 4.71. The maximum Gasteiger partial charge on any atom is 0.0107 e. The fourth-order valence-electron chi connectivity index (χ4n) is 2.16. The second-order valence-corrected chi connectivity index (χ2v) is 4.44. The minimum Gasteiger partial charge on any atom is -0.315 e. The first kappa shape index (κ1) is 12.0. The lowest BCUT2D eigenvalue weighted by Crippen LogP contribution is -2.38. The van der Waals surface area contributed by atoms with E-state index in [1.165, 1.54) is 58.4 Å². The molecular formula is C12H26N2. The predicted molar refractivity (Wildman–Crippen MR) is 62.6 cm³/mol. The van der Waals surface area contributed by atoms with E-state index < -0.39 is 0 Å². The van der Waals surface area contributed by atoms with Crippen LogP contribution in [0.5, 0.6) is 0 Å². The number of piperidine rings is 1. The van der Waals surface area contributed by atoms with Crippen molar-refractivity contribution in [2.45, 2.75) is 39.5 Å². The standard InChI is InChI=1S/C12H26N2/c1-3-7-13-8-11-14-9-5-12(4-2)6-10-14/h12-13H,3-11H2,1-2H3. The number of hydrogen-bond donors (Lipinski definition) is 1. The van der Waals surface area contributed by atoms with E-state index in [-0.39, 0.29) is 0 Å². The van der Waals surface area contributed by atoms with Crippen LogP contribution in [0.15, 0.2) is 0 Å². The van der Waals surface area contributed by atoms with Gasteiger partial charge in [0.05, 0.1) is 0 Å². The van der Waals surface area contributed by atoms with Crippen molar-refractivity contribution in [1.82, 2.24) is 10.2 Å². The first-order valence-corrected chi connectivity index (χ1v) is 6.29. The minimum absolute atomic E-state index is 1.01. The van der Waals surface area contributed by atoms with E-state index in [0.717, 1.165) is 5.92 Å². The molecule has 0 spiro atoms. The van der Waals surface area contributed by atoms with E-state index in [4.69, 9.17) is 0 Å². The molecule has 0 unspecified atom stereocenters. The molecule has 0 aromatic heterocycles. The van der Waals surface area contributed by atoms with Gasteiger partial charge in [-0.25, -0.2) is 0 Å². The molecule has 1 N–H and O–H groups in total. The van der Waals surface area contributed by atoms with Gasteiger partial charge in [0.15, 0.2) is 0 Å². The molecule has 14 heavy (non-hydrogen) atoms. The van der Waals surface area contributed by atoms with Gasteiger partial charge in [0, 0.05) is 13.1 Å². The summed E-state index contributed by atoms with van der Waals surface area (Å²) in [7, 11) is 0. The molecular weight excluding hydrogens is 172 g/mol. The van der Waals surface area contributed by atoms with Crippen molar-refractivity contribution in [3.63, 3.8) is 0 Å². The normalized spacial score (nSPS) is 20.1. The number of likely N-dealkylation sites (tertiary alicyclic amines) is 1. The first-order valence-electron chi connectivity index (χ1n) is 6.29. The van der Waals surface area contributed by atoms with Crippen LogP contribution >= 0.6 is 0 Å². The van der Waals surface area contributed by atoms with Crippen molar-refractivity contribution in [3.05, 3.63) is 0 Å². The van der Waals surface area contributed by atoms with E-state index in [2.05, 4.69) is 24.1 Å². The van der Waals surface area contributed by atoms with Gasteiger partial charge < -0.3 is 10.2 Å². The van der Waals surface area contributed by atoms with Crippen LogP contribution in [0.2, 0.25) is 0 Å². The Hall–Kier alpha value is -0.0800. The topological polar surface area (TPSA) is 15.3 Å². The Balaban J connectivity index is 1.98. The Bertz CT molecular complexity index is 128. The summed E-state index contributed by atoms with van der Waals surface area (Å²) in [4.78, 5) is 2.61. The summed E-state index contributed by atoms with van der Waals surface area (Å²) in [5, 5.41) is 3.47. The van der Waals surface area contributed by atoms with Gasteiger partial charge in [-0.15, -0.1) is 0 Å². The maximum atomic E-state index is 3.47. The molecule has 0 bridgehead atoms. The lowest BCUT2D eigenvalue weighted by atomic mass is 9.94. The summed E-state index contributed by atoms with van der Waals surface area (Å²) in [6.07, 6.45) is 5.47. The van der Waals surface area contributed by atoms with Crippen LogP contribution in [0.25, 0.3) is 0 Å². The van der Waals surface area contributed by atoms with Gasteiger partial charge in [-0.2, -0.15) is 0 Å². The molecule has 1 saturated heterocycles. The molecule has 0 atom stereocenters. The third-order valence-corrected chi connectivity index (χ3v) is 3.32. The Morgan fingerprint density at radius 2 is 1.86 bits per heavy atom. The van der Waals surface area contributed by atoms with Gasteiger partial charge in [-0.05, 0) is 44.8 Å². The molecule has 2 heteroatoms. The van der Waals surface area contributed by atoms with Crippen LogP contribution < -0.4 is 5.32 Å². The Labute approximate surface area is 89.1 Å². The molecule has 0 saturated carbocycles. The van der Waals surface area contributed by atoms with Crippen LogP contribution in [0.1, 0.15) is 39.5 Å². The maximum absolute atomic E-state index is 3.47. The van der Waals surface area contributed by atoms with E-state index in [9.17, 15) is 0 Å². The van der Waals surface area contributed by atoms with E-state index in [1.54, 1.807) is 0 Å². The SMILES string of the molecule is CCCNCCN1CCC(CC)CC1. The van der Waals surface area contributed by atoms with Crippen LogP contribution in [0, 0.1) is 5.92 Å². The fraction of sp³-hybridized carbons (Fsp3) is 1.00. The molecule has 0 aromatic rings. The monoisotopic (exact) mass is 198 g/mol. The molecule has 0 aliphatic carbocycles. The number of nitrogens with one attached hydrogen (secondary N) is 1. The molecule has 1 rings (SSSR count). The highest BCUT2D eigenvalue weighted by Gasteiger charge is 2.16. The molecule has 0 radical (unpaired) electrons. The minimum atomic E-state index is 1.01. The molecule has 0 amide bonds. The lowest BCUT2D eigenvalue weighted by molar-refractivity contribution is 0.182. The Kier molecular flexibility index (Phi) is 6.20. The fourth-order valence-corrected chi connectivity index (χ4v) is 2.16. The predicted octanol–water partition coefficient (Wildman–Crippen LogP) is 2.11. The molecule has 1 heterocycles. The van der Waals surface area contributed by atoms with Crippen molar-refractivity contribution in [3.8, 4) is 0 Å². The molecule has 84 valence electrons. The smallest absolute Gasteiger partial charge is 0.0107 e. The van der Waals surface area contributed by atoms with Crippen LogP contribution in [0.4, 0.5) is 0 Å². The van der Waals surface area contributed by atoms with E-state index in [1.807, 2.05) is 0 Å². The number of hydrogen-bond acceptors (Lipinski definition) is 2. The zero-order chi connectivity index (χ0) is 10.2. The number of nitrogens with zero attached hydrogens (tertiary/aromatic N) is 1. The molecule has 0 aromatic carbocycles. The van der Waals surface area contributed by atoms with Crippen LogP contribution in [0.3, 0.4) is 0 Å². The third kappa shape index (κ3) is 4.43. The molecule has 1 aliphatic heterocycles. The lowest BCUT2D eigenvalue weighted by Gasteiger charge is -2.31. The summed E-state index contributed by atoms with van der Waals surface area (Å²) < 4.78 is 0. The van der Waals surface area contributed by atoms with Crippen molar-refractivity contribution < 1.29 is 0 Å². The van der Waals surface area contributed by atoms with Gasteiger partial charge in [0.25, 0.3) is 0 Å². The summed E-state index contributed by atoms with van der Waals surface area (Å²) >= 11 is 0. The summed E-state index contributed by atoms with van der Waals surface area (Å²) in [5.41, 5.74) is 0. The summed E-state index contributed by atoms with van der Waals surface area (Å²) in [5.74, 6) is 1.01. The Morgan fingerprint density at radius 3 is 2.43 bits per heavy atom. The number of rotatable bonds is 6. The van der Waals surface area contributed by atoms with Gasteiger partial charge in [0.1, 0.15) is 0 Å². The van der Waals surface area contributed by atoms with Gasteiger partial charge in [-0.3, -0.25) is 0 Å². The average molecular weight is 198 g/mol. The highest BCUT2D eigenvalue weighted by atomic mass is 15.1. The van der Waals surface area contributed by atoms with E-state index in [0.29, 0.717) is 0 Å². The highest BCUT2D eigenvalue weighted by Crippen LogP contribution is 2.19.